The molecule has 0 saturated carbocycles. The summed E-state index contributed by atoms with van der Waals surface area (Å²) in [6, 6.07) is 6.67. The lowest BCUT2D eigenvalue weighted by molar-refractivity contribution is -0.0158. The second-order valence-corrected chi connectivity index (χ2v) is 7.11. The molecule has 132 valence electrons. The summed E-state index contributed by atoms with van der Waals surface area (Å²) in [7, 11) is 0. The van der Waals surface area contributed by atoms with Crippen molar-refractivity contribution in [2.45, 2.75) is 24.4 Å². The Morgan fingerprint density at radius 2 is 2.21 bits per heavy atom. The number of primary amides is 1. The zero-order chi connectivity index (χ0) is 17.4. The molecule has 0 aromatic heterocycles. The molecule has 0 aliphatic carbocycles. The van der Waals surface area contributed by atoms with E-state index in [1.807, 2.05) is 12.3 Å². The first kappa shape index (κ1) is 18.8. The quantitative estimate of drug-likeness (QED) is 0.553. The smallest absolute Gasteiger partial charge is 0.248 e. The van der Waals surface area contributed by atoms with Gasteiger partial charge in [0.2, 0.25) is 5.91 Å². The van der Waals surface area contributed by atoms with Crippen molar-refractivity contribution >= 4 is 17.7 Å². The Hall–Kier alpha value is -1.54. The third-order valence-electron chi connectivity index (χ3n) is 3.55. The molecule has 4 N–H and O–H groups in total. The summed E-state index contributed by atoms with van der Waals surface area (Å²) in [5.74, 6) is 0.212. The highest BCUT2D eigenvalue weighted by atomic mass is 32.2. The van der Waals surface area contributed by atoms with E-state index in [1.54, 1.807) is 36.0 Å². The fraction of sp³-hybridized carbons (Fsp3) is 0.471. The largest absolute Gasteiger partial charge is 0.492 e. The highest BCUT2D eigenvalue weighted by molar-refractivity contribution is 8.03. The molecular weight excluding hydrogens is 328 g/mol. The van der Waals surface area contributed by atoms with Crippen LogP contribution in [0.1, 0.15) is 23.7 Å². The van der Waals surface area contributed by atoms with Crippen LogP contribution in [0.25, 0.3) is 0 Å². The minimum atomic E-state index is -0.558. The van der Waals surface area contributed by atoms with Gasteiger partial charge < -0.3 is 25.6 Å². The van der Waals surface area contributed by atoms with Gasteiger partial charge in [-0.2, -0.15) is 0 Å². The molecule has 0 fully saturated rings. The van der Waals surface area contributed by atoms with Crippen LogP contribution in [0.5, 0.6) is 5.75 Å². The van der Waals surface area contributed by atoms with Gasteiger partial charge in [0, 0.05) is 25.1 Å². The Morgan fingerprint density at radius 3 is 2.83 bits per heavy atom. The summed E-state index contributed by atoms with van der Waals surface area (Å²) < 4.78 is 11.3. The average molecular weight is 352 g/mol. The third-order valence-corrected chi connectivity index (χ3v) is 4.66. The van der Waals surface area contributed by atoms with Gasteiger partial charge in [-0.3, -0.25) is 4.79 Å². The molecule has 7 heteroatoms. The Balaban J connectivity index is 1.55. The minimum absolute atomic E-state index is 0.249. The molecule has 6 nitrogen and oxygen atoms in total. The maximum Gasteiger partial charge on any atom is 0.248 e. The Kier molecular flexibility index (Phi) is 7.11. The molecule has 2 rings (SSSR count). The van der Waals surface area contributed by atoms with E-state index >= 15 is 0 Å². The number of carbonyl (C=O) groups is 1. The molecule has 1 heterocycles. The first-order chi connectivity index (χ1) is 11.5. The molecule has 1 aliphatic rings. The number of benzene rings is 1. The summed E-state index contributed by atoms with van der Waals surface area (Å²) >= 11 is 1.64. The number of amides is 1. The van der Waals surface area contributed by atoms with Gasteiger partial charge in [0.05, 0.1) is 12.7 Å². The Morgan fingerprint density at radius 1 is 1.46 bits per heavy atom. The van der Waals surface area contributed by atoms with Crippen LogP contribution in [-0.4, -0.2) is 48.4 Å². The standard InChI is InChI=1S/C17H24N2O4S/c1-17(7-2-10-24-17)23-12-14(20)11-19-8-9-22-15-5-3-13(4-6-15)16(18)21/h2-6,10,14,19-20H,7-9,11-12H2,1H3,(H2,18,21). The Labute approximate surface area is 146 Å². The lowest BCUT2D eigenvalue weighted by Gasteiger charge is -2.25. The zero-order valence-electron chi connectivity index (χ0n) is 13.7. The number of rotatable bonds is 10. The summed E-state index contributed by atoms with van der Waals surface area (Å²) in [4.78, 5) is 10.7. The van der Waals surface area contributed by atoms with Crippen molar-refractivity contribution in [3.63, 3.8) is 0 Å². The first-order valence-electron chi connectivity index (χ1n) is 7.87. The summed E-state index contributed by atoms with van der Waals surface area (Å²) in [6.45, 7) is 3.82. The summed E-state index contributed by atoms with van der Waals surface area (Å²) in [5, 5.41) is 15.1. The van der Waals surface area contributed by atoms with Gasteiger partial charge in [-0.1, -0.05) is 17.8 Å². The van der Waals surface area contributed by atoms with Crippen molar-refractivity contribution in [2.75, 3.05) is 26.3 Å². The van der Waals surface area contributed by atoms with Crippen LogP contribution in [0.15, 0.2) is 35.7 Å². The number of ether oxygens (including phenoxy) is 2. The first-order valence-corrected chi connectivity index (χ1v) is 8.75. The summed E-state index contributed by atoms with van der Waals surface area (Å²) in [6.07, 6.45) is 2.38. The van der Waals surface area contributed by atoms with Crippen LogP contribution in [0.2, 0.25) is 0 Å². The van der Waals surface area contributed by atoms with Crippen LogP contribution < -0.4 is 15.8 Å². The predicted molar refractivity (Wildman–Crippen MR) is 95.0 cm³/mol. The highest BCUT2D eigenvalue weighted by Gasteiger charge is 2.27. The number of hydrogen-bond donors (Lipinski definition) is 3. The van der Waals surface area contributed by atoms with E-state index < -0.39 is 12.0 Å². The fourth-order valence-electron chi connectivity index (χ4n) is 2.15. The van der Waals surface area contributed by atoms with Crippen LogP contribution in [0.3, 0.4) is 0 Å². The van der Waals surface area contributed by atoms with Crippen LogP contribution in [0, 0.1) is 0 Å². The van der Waals surface area contributed by atoms with E-state index in [0.717, 1.165) is 6.42 Å². The number of aliphatic hydroxyl groups excluding tert-OH is 1. The molecule has 2 atom stereocenters. The maximum atomic E-state index is 11.0. The second-order valence-electron chi connectivity index (χ2n) is 5.73. The fourth-order valence-corrected chi connectivity index (χ4v) is 2.96. The molecule has 2 unspecified atom stereocenters. The molecule has 0 spiro atoms. The monoisotopic (exact) mass is 352 g/mol. The van der Waals surface area contributed by atoms with E-state index in [4.69, 9.17) is 15.2 Å². The van der Waals surface area contributed by atoms with Gasteiger partial charge in [0.1, 0.15) is 17.3 Å². The molecule has 24 heavy (non-hydrogen) atoms. The molecule has 1 amide bonds. The third kappa shape index (κ3) is 6.16. The van der Waals surface area contributed by atoms with E-state index in [1.165, 1.54) is 0 Å². The minimum Gasteiger partial charge on any atom is -0.492 e. The van der Waals surface area contributed by atoms with Gasteiger partial charge in [0.25, 0.3) is 0 Å². The van der Waals surface area contributed by atoms with Crippen LogP contribution in [-0.2, 0) is 4.74 Å². The van der Waals surface area contributed by atoms with Crippen molar-refractivity contribution in [1.29, 1.82) is 0 Å². The highest BCUT2D eigenvalue weighted by Crippen LogP contribution is 2.36. The number of carbonyl (C=O) groups excluding carboxylic acids is 1. The molecular formula is C17H24N2O4S. The average Bonchev–Trinajstić information content (AvgIpc) is 3.00. The molecule has 1 aromatic rings. The van der Waals surface area contributed by atoms with Gasteiger partial charge in [0.15, 0.2) is 0 Å². The van der Waals surface area contributed by atoms with Gasteiger partial charge in [-0.05, 0) is 36.6 Å². The predicted octanol–water partition coefficient (Wildman–Crippen LogP) is 1.50. The van der Waals surface area contributed by atoms with Gasteiger partial charge in [-0.25, -0.2) is 0 Å². The van der Waals surface area contributed by atoms with Gasteiger partial charge >= 0.3 is 0 Å². The molecule has 1 aliphatic heterocycles. The normalized spacial score (nSPS) is 20.9. The number of nitrogens with one attached hydrogen (secondary N) is 1. The maximum absolute atomic E-state index is 11.0. The van der Waals surface area contributed by atoms with Crippen molar-refractivity contribution < 1.29 is 19.4 Å². The molecule has 0 bridgehead atoms. The Bertz CT molecular complexity index is 554. The SMILES string of the molecule is CC1(OCC(O)CNCCOc2ccc(C(N)=O)cc2)CC=CS1. The topological polar surface area (TPSA) is 93.8 Å². The number of aliphatic hydroxyl groups is 1. The van der Waals surface area contributed by atoms with Crippen molar-refractivity contribution in [2.24, 2.45) is 5.73 Å². The van der Waals surface area contributed by atoms with Crippen molar-refractivity contribution in [1.82, 2.24) is 5.32 Å². The molecule has 1 aromatic carbocycles. The lowest BCUT2D eigenvalue weighted by Crippen LogP contribution is -2.35. The lowest BCUT2D eigenvalue weighted by atomic mass is 10.2. The van der Waals surface area contributed by atoms with Crippen LogP contribution in [0.4, 0.5) is 0 Å². The van der Waals surface area contributed by atoms with Gasteiger partial charge in [-0.15, -0.1) is 0 Å². The second kappa shape index (κ2) is 9.08. The van der Waals surface area contributed by atoms with Crippen molar-refractivity contribution in [3.8, 4) is 5.75 Å². The number of thioether (sulfide) groups is 1. The number of nitrogens with two attached hydrogens (primary N) is 1. The van der Waals surface area contributed by atoms with E-state index in [9.17, 15) is 9.90 Å². The van der Waals surface area contributed by atoms with E-state index in [0.29, 0.717) is 37.6 Å². The molecule has 0 saturated heterocycles. The zero-order valence-corrected chi connectivity index (χ0v) is 14.6. The van der Waals surface area contributed by atoms with E-state index in [-0.39, 0.29) is 4.93 Å². The summed E-state index contributed by atoms with van der Waals surface area (Å²) in [5.41, 5.74) is 5.63. The number of hydrogen-bond acceptors (Lipinski definition) is 6. The van der Waals surface area contributed by atoms with Crippen molar-refractivity contribution in [3.05, 3.63) is 41.3 Å². The van der Waals surface area contributed by atoms with Crippen LogP contribution >= 0.6 is 11.8 Å². The van der Waals surface area contributed by atoms with E-state index in [2.05, 4.69) is 11.4 Å². The molecule has 0 radical (unpaired) electrons.